The first-order valence-electron chi connectivity index (χ1n) is 7.59. The van der Waals surface area contributed by atoms with Crippen molar-refractivity contribution in [1.82, 2.24) is 0 Å². The highest BCUT2D eigenvalue weighted by molar-refractivity contribution is 6.14. The van der Waals surface area contributed by atoms with E-state index in [1.54, 1.807) is 12.1 Å². The third kappa shape index (κ3) is 3.55. The summed E-state index contributed by atoms with van der Waals surface area (Å²) in [5.74, 6) is 0. The number of nitrogens with zero attached hydrogens (tertiary/aromatic N) is 2. The summed E-state index contributed by atoms with van der Waals surface area (Å²) in [6.45, 7) is 2.03. The molecular formula is C20H16N2O2. The van der Waals surface area contributed by atoms with Crippen molar-refractivity contribution in [2.45, 2.75) is 6.92 Å². The van der Waals surface area contributed by atoms with Gasteiger partial charge in [0.2, 0.25) is 0 Å². The molecule has 0 fully saturated rings. The van der Waals surface area contributed by atoms with Gasteiger partial charge in [0.25, 0.3) is 5.69 Å². The number of benzene rings is 3. The van der Waals surface area contributed by atoms with Crippen LogP contribution in [0.15, 0.2) is 83.9 Å². The zero-order chi connectivity index (χ0) is 16.9. The summed E-state index contributed by atoms with van der Waals surface area (Å²) < 4.78 is 0. The van der Waals surface area contributed by atoms with E-state index in [0.717, 1.165) is 22.5 Å². The Labute approximate surface area is 140 Å². The Morgan fingerprint density at radius 3 is 2.00 bits per heavy atom. The molecule has 0 heterocycles. The molecule has 3 aromatic rings. The molecule has 118 valence electrons. The molecule has 0 bridgehead atoms. The molecule has 0 saturated carbocycles. The van der Waals surface area contributed by atoms with Gasteiger partial charge in [-0.3, -0.25) is 10.1 Å². The molecule has 0 unspecified atom stereocenters. The summed E-state index contributed by atoms with van der Waals surface area (Å²) in [7, 11) is 0. The number of aryl methyl sites for hydroxylation is 1. The van der Waals surface area contributed by atoms with Gasteiger partial charge in [-0.15, -0.1) is 0 Å². The summed E-state index contributed by atoms with van der Waals surface area (Å²) in [5.41, 5.74) is 4.68. The summed E-state index contributed by atoms with van der Waals surface area (Å²) >= 11 is 0. The summed E-state index contributed by atoms with van der Waals surface area (Å²) in [6, 6.07) is 24.2. The second-order valence-corrected chi connectivity index (χ2v) is 5.47. The minimum absolute atomic E-state index is 0.0708. The highest BCUT2D eigenvalue weighted by Crippen LogP contribution is 2.20. The van der Waals surface area contributed by atoms with Gasteiger partial charge in [-0.1, -0.05) is 48.0 Å². The van der Waals surface area contributed by atoms with Crippen LogP contribution in [-0.4, -0.2) is 10.6 Å². The lowest BCUT2D eigenvalue weighted by Gasteiger charge is -2.08. The number of hydrogen-bond acceptors (Lipinski definition) is 3. The van der Waals surface area contributed by atoms with Crippen molar-refractivity contribution in [2.75, 3.05) is 0 Å². The lowest BCUT2D eigenvalue weighted by atomic mass is 10.0. The van der Waals surface area contributed by atoms with Crippen molar-refractivity contribution in [3.8, 4) is 0 Å². The van der Waals surface area contributed by atoms with Crippen LogP contribution >= 0.6 is 0 Å². The number of nitro benzene ring substituents is 1. The molecule has 0 aromatic heterocycles. The van der Waals surface area contributed by atoms with E-state index in [2.05, 4.69) is 0 Å². The standard InChI is InChI=1S/C20H16N2O2/c1-15-7-11-18(12-8-15)21-20(16-5-3-2-4-6-16)17-9-13-19(14-10-17)22(23)24/h2-14H,1H3. The summed E-state index contributed by atoms with van der Waals surface area (Å²) in [5, 5.41) is 10.9. The minimum Gasteiger partial charge on any atom is -0.258 e. The fraction of sp³-hybridized carbons (Fsp3) is 0.0500. The quantitative estimate of drug-likeness (QED) is 0.383. The topological polar surface area (TPSA) is 55.5 Å². The van der Waals surface area contributed by atoms with E-state index >= 15 is 0 Å². The molecule has 0 saturated heterocycles. The Morgan fingerprint density at radius 1 is 0.833 bits per heavy atom. The maximum atomic E-state index is 10.9. The van der Waals surface area contributed by atoms with E-state index in [-0.39, 0.29) is 5.69 Å². The van der Waals surface area contributed by atoms with E-state index < -0.39 is 4.92 Å². The lowest BCUT2D eigenvalue weighted by molar-refractivity contribution is -0.384. The Hall–Kier alpha value is -3.27. The molecule has 3 rings (SSSR count). The van der Waals surface area contributed by atoms with Gasteiger partial charge in [-0.05, 0) is 31.2 Å². The number of rotatable bonds is 4. The van der Waals surface area contributed by atoms with Crippen molar-refractivity contribution < 1.29 is 4.92 Å². The van der Waals surface area contributed by atoms with Gasteiger partial charge < -0.3 is 0 Å². The van der Waals surface area contributed by atoms with Crippen LogP contribution in [0.3, 0.4) is 0 Å². The van der Waals surface area contributed by atoms with Crippen molar-refractivity contribution >= 4 is 17.1 Å². The van der Waals surface area contributed by atoms with Crippen LogP contribution < -0.4 is 0 Å². The molecule has 24 heavy (non-hydrogen) atoms. The molecule has 0 aliphatic carbocycles. The van der Waals surface area contributed by atoms with Gasteiger partial charge in [0, 0.05) is 23.3 Å². The molecule has 0 atom stereocenters. The number of hydrogen-bond donors (Lipinski definition) is 0. The normalized spacial score (nSPS) is 11.3. The molecule has 0 N–H and O–H groups in total. The van der Waals surface area contributed by atoms with Gasteiger partial charge in [0.15, 0.2) is 0 Å². The molecule has 3 aromatic carbocycles. The number of nitro groups is 1. The first-order valence-corrected chi connectivity index (χ1v) is 7.59. The monoisotopic (exact) mass is 316 g/mol. The van der Waals surface area contributed by atoms with E-state index in [1.807, 2.05) is 61.5 Å². The van der Waals surface area contributed by atoms with Crippen LogP contribution in [0.25, 0.3) is 0 Å². The average Bonchev–Trinajstić information content (AvgIpc) is 2.62. The first-order chi connectivity index (χ1) is 11.6. The molecule has 0 aliphatic heterocycles. The first kappa shape index (κ1) is 15.6. The molecule has 4 heteroatoms. The van der Waals surface area contributed by atoms with Crippen LogP contribution in [0.5, 0.6) is 0 Å². The second-order valence-electron chi connectivity index (χ2n) is 5.47. The van der Waals surface area contributed by atoms with Gasteiger partial charge in [0.1, 0.15) is 0 Å². The molecule has 4 nitrogen and oxygen atoms in total. The zero-order valence-electron chi connectivity index (χ0n) is 13.2. The predicted octanol–water partition coefficient (Wildman–Crippen LogP) is 5.07. The zero-order valence-corrected chi connectivity index (χ0v) is 13.2. The molecule has 0 aliphatic rings. The lowest BCUT2D eigenvalue weighted by Crippen LogP contribution is -2.03. The van der Waals surface area contributed by atoms with Crippen molar-refractivity contribution in [2.24, 2.45) is 4.99 Å². The fourth-order valence-electron chi connectivity index (χ4n) is 2.38. The van der Waals surface area contributed by atoms with E-state index in [4.69, 9.17) is 4.99 Å². The van der Waals surface area contributed by atoms with Crippen LogP contribution in [0, 0.1) is 17.0 Å². The van der Waals surface area contributed by atoms with Gasteiger partial charge >= 0.3 is 0 Å². The highest BCUT2D eigenvalue weighted by atomic mass is 16.6. The van der Waals surface area contributed by atoms with Gasteiger partial charge in [-0.25, -0.2) is 4.99 Å². The molecule has 0 spiro atoms. The summed E-state index contributed by atoms with van der Waals surface area (Å²) in [4.78, 5) is 15.2. The SMILES string of the molecule is Cc1ccc(N=C(c2ccccc2)c2ccc([N+](=O)[O-])cc2)cc1. The summed E-state index contributed by atoms with van der Waals surface area (Å²) in [6.07, 6.45) is 0. The Morgan fingerprint density at radius 2 is 1.42 bits per heavy atom. The molecule has 0 amide bonds. The highest BCUT2D eigenvalue weighted by Gasteiger charge is 2.10. The third-order valence-corrected chi connectivity index (χ3v) is 3.67. The Kier molecular flexibility index (Phi) is 4.47. The van der Waals surface area contributed by atoms with Crippen LogP contribution in [-0.2, 0) is 0 Å². The maximum absolute atomic E-state index is 10.9. The van der Waals surface area contributed by atoms with Crippen molar-refractivity contribution in [1.29, 1.82) is 0 Å². The predicted molar refractivity (Wildman–Crippen MR) is 96.0 cm³/mol. The molecular weight excluding hydrogens is 300 g/mol. The largest absolute Gasteiger partial charge is 0.269 e. The van der Waals surface area contributed by atoms with Crippen LogP contribution in [0.4, 0.5) is 11.4 Å². The smallest absolute Gasteiger partial charge is 0.258 e. The van der Waals surface area contributed by atoms with E-state index in [0.29, 0.717) is 0 Å². The van der Waals surface area contributed by atoms with Crippen LogP contribution in [0.2, 0.25) is 0 Å². The second kappa shape index (κ2) is 6.87. The van der Waals surface area contributed by atoms with Crippen molar-refractivity contribution in [3.63, 3.8) is 0 Å². The van der Waals surface area contributed by atoms with E-state index in [1.165, 1.54) is 17.7 Å². The number of non-ortho nitro benzene ring substituents is 1. The fourth-order valence-corrected chi connectivity index (χ4v) is 2.38. The van der Waals surface area contributed by atoms with Gasteiger partial charge in [0.05, 0.1) is 16.3 Å². The number of aliphatic imine (C=N–C) groups is 1. The Balaban J connectivity index is 2.08. The van der Waals surface area contributed by atoms with Gasteiger partial charge in [-0.2, -0.15) is 0 Å². The average molecular weight is 316 g/mol. The van der Waals surface area contributed by atoms with Crippen molar-refractivity contribution in [3.05, 3.63) is 106 Å². The molecule has 0 radical (unpaired) electrons. The third-order valence-electron chi connectivity index (χ3n) is 3.67. The van der Waals surface area contributed by atoms with E-state index in [9.17, 15) is 10.1 Å². The Bertz CT molecular complexity index is 868. The van der Waals surface area contributed by atoms with Crippen LogP contribution in [0.1, 0.15) is 16.7 Å². The minimum atomic E-state index is -0.400. The maximum Gasteiger partial charge on any atom is 0.269 e.